The minimum atomic E-state index is 0.0240. The molecule has 0 spiro atoms. The fraction of sp³-hybridized carbons (Fsp3) is 0.250. The molecular weight excluding hydrogens is 286 g/mol. The molecule has 0 aromatic heterocycles. The average molecular weight is 303 g/mol. The summed E-state index contributed by atoms with van der Waals surface area (Å²) in [6.45, 7) is 9.88. The molecule has 0 saturated heterocycles. The molecule has 104 valence electrons. The molecule has 0 radical (unpaired) electrons. The SMILES string of the molecule is C=CCSC1=N/C(=C/c2c(C)cc(C)cc2C)C(=O)S1. The van der Waals surface area contributed by atoms with E-state index in [0.717, 1.165) is 15.7 Å². The Bertz CT molecular complexity index is 606. The summed E-state index contributed by atoms with van der Waals surface area (Å²) < 4.78 is 0.809. The van der Waals surface area contributed by atoms with Gasteiger partial charge in [-0.2, -0.15) is 0 Å². The Labute approximate surface area is 128 Å². The number of aliphatic imine (C=N–C) groups is 1. The van der Waals surface area contributed by atoms with E-state index < -0.39 is 0 Å². The number of aryl methyl sites for hydroxylation is 3. The Morgan fingerprint density at radius 1 is 1.30 bits per heavy atom. The molecule has 0 amide bonds. The highest BCUT2D eigenvalue weighted by Crippen LogP contribution is 2.32. The quantitative estimate of drug-likeness (QED) is 0.608. The predicted molar refractivity (Wildman–Crippen MR) is 91.3 cm³/mol. The second-order valence-electron chi connectivity index (χ2n) is 4.71. The third kappa shape index (κ3) is 3.44. The molecule has 0 unspecified atom stereocenters. The van der Waals surface area contributed by atoms with Crippen molar-refractivity contribution in [1.82, 2.24) is 0 Å². The van der Waals surface area contributed by atoms with Crippen molar-refractivity contribution in [3.8, 4) is 0 Å². The van der Waals surface area contributed by atoms with Gasteiger partial charge in [-0.15, -0.1) is 6.58 Å². The van der Waals surface area contributed by atoms with E-state index in [0.29, 0.717) is 5.70 Å². The predicted octanol–water partition coefficient (Wildman–Crippen LogP) is 4.50. The van der Waals surface area contributed by atoms with E-state index in [1.54, 1.807) is 11.8 Å². The molecule has 0 fully saturated rings. The van der Waals surface area contributed by atoms with Crippen LogP contribution in [-0.4, -0.2) is 15.2 Å². The van der Waals surface area contributed by atoms with Crippen LogP contribution in [0.15, 0.2) is 35.5 Å². The number of thioether (sulfide) groups is 2. The molecule has 0 atom stereocenters. The lowest BCUT2D eigenvalue weighted by atomic mass is 9.99. The van der Waals surface area contributed by atoms with E-state index in [1.165, 1.54) is 28.5 Å². The fourth-order valence-corrected chi connectivity index (χ4v) is 3.74. The van der Waals surface area contributed by atoms with Gasteiger partial charge in [-0.1, -0.05) is 35.5 Å². The Hall–Kier alpha value is -1.26. The number of carbonyl (C=O) groups excluding carboxylic acids is 1. The third-order valence-corrected chi connectivity index (χ3v) is 4.95. The summed E-state index contributed by atoms with van der Waals surface area (Å²) in [6, 6.07) is 4.26. The zero-order valence-corrected chi connectivity index (χ0v) is 13.5. The van der Waals surface area contributed by atoms with Gasteiger partial charge in [0.05, 0.1) is 0 Å². The van der Waals surface area contributed by atoms with Gasteiger partial charge in [0.15, 0.2) is 0 Å². The van der Waals surface area contributed by atoms with Gasteiger partial charge in [0.2, 0.25) is 5.12 Å². The van der Waals surface area contributed by atoms with Gasteiger partial charge in [0.25, 0.3) is 0 Å². The van der Waals surface area contributed by atoms with Crippen molar-refractivity contribution in [2.75, 3.05) is 5.75 Å². The van der Waals surface area contributed by atoms with Gasteiger partial charge >= 0.3 is 0 Å². The monoisotopic (exact) mass is 303 g/mol. The average Bonchev–Trinajstić information content (AvgIpc) is 2.72. The van der Waals surface area contributed by atoms with Crippen LogP contribution in [0.3, 0.4) is 0 Å². The molecule has 1 aromatic rings. The van der Waals surface area contributed by atoms with Crippen LogP contribution < -0.4 is 0 Å². The van der Waals surface area contributed by atoms with Gasteiger partial charge in [-0.25, -0.2) is 4.99 Å². The van der Waals surface area contributed by atoms with Gasteiger partial charge in [-0.3, -0.25) is 4.79 Å². The van der Waals surface area contributed by atoms with Gasteiger partial charge in [0, 0.05) is 5.75 Å². The molecule has 0 saturated carbocycles. The van der Waals surface area contributed by atoms with Crippen LogP contribution in [0, 0.1) is 20.8 Å². The molecule has 0 bridgehead atoms. The number of rotatable bonds is 3. The van der Waals surface area contributed by atoms with Crippen LogP contribution >= 0.6 is 23.5 Å². The second kappa shape index (κ2) is 6.46. The molecular formula is C16H17NOS2. The molecule has 0 aliphatic carbocycles. The van der Waals surface area contributed by atoms with Crippen molar-refractivity contribution in [2.45, 2.75) is 20.8 Å². The van der Waals surface area contributed by atoms with Crippen molar-refractivity contribution in [3.63, 3.8) is 0 Å². The summed E-state index contributed by atoms with van der Waals surface area (Å²) in [5, 5.41) is 0.0240. The minimum absolute atomic E-state index is 0.0240. The van der Waals surface area contributed by atoms with Crippen LogP contribution in [0.1, 0.15) is 22.3 Å². The minimum Gasteiger partial charge on any atom is -0.279 e. The number of benzene rings is 1. The Morgan fingerprint density at radius 3 is 2.55 bits per heavy atom. The lowest BCUT2D eigenvalue weighted by Crippen LogP contribution is -1.93. The van der Waals surface area contributed by atoms with Crippen LogP contribution in [0.25, 0.3) is 6.08 Å². The first kappa shape index (κ1) is 15.1. The summed E-state index contributed by atoms with van der Waals surface area (Å²) in [5.41, 5.74) is 5.22. The zero-order chi connectivity index (χ0) is 14.7. The Balaban J connectivity index is 2.33. The third-order valence-electron chi connectivity index (χ3n) is 2.94. The van der Waals surface area contributed by atoms with Crippen molar-refractivity contribution >= 4 is 39.1 Å². The van der Waals surface area contributed by atoms with Crippen LogP contribution in [0.4, 0.5) is 0 Å². The largest absolute Gasteiger partial charge is 0.279 e. The van der Waals surface area contributed by atoms with Crippen LogP contribution in [0.2, 0.25) is 0 Å². The smallest absolute Gasteiger partial charge is 0.244 e. The summed E-state index contributed by atoms with van der Waals surface area (Å²) in [5.74, 6) is 0.773. The van der Waals surface area contributed by atoms with E-state index in [4.69, 9.17) is 0 Å². The second-order valence-corrected chi connectivity index (χ2v) is 6.94. The summed E-state index contributed by atoms with van der Waals surface area (Å²) in [7, 11) is 0. The number of hydrogen-bond acceptors (Lipinski definition) is 4. The van der Waals surface area contributed by atoms with Crippen molar-refractivity contribution in [1.29, 1.82) is 0 Å². The Kier molecular flexibility index (Phi) is 4.89. The highest BCUT2D eigenvalue weighted by atomic mass is 32.2. The lowest BCUT2D eigenvalue weighted by Gasteiger charge is -2.07. The highest BCUT2D eigenvalue weighted by molar-refractivity contribution is 8.45. The van der Waals surface area contributed by atoms with Crippen molar-refractivity contribution in [2.24, 2.45) is 4.99 Å². The van der Waals surface area contributed by atoms with Gasteiger partial charge < -0.3 is 0 Å². The molecule has 1 heterocycles. The van der Waals surface area contributed by atoms with Gasteiger partial charge in [-0.05, 0) is 55.3 Å². The summed E-state index contributed by atoms with van der Waals surface area (Å²) in [4.78, 5) is 16.4. The fourth-order valence-electron chi connectivity index (χ4n) is 2.14. The maximum Gasteiger partial charge on any atom is 0.244 e. The van der Waals surface area contributed by atoms with Crippen LogP contribution in [-0.2, 0) is 4.79 Å². The molecule has 4 heteroatoms. The van der Waals surface area contributed by atoms with Crippen LogP contribution in [0.5, 0.6) is 0 Å². The molecule has 2 nitrogen and oxygen atoms in total. The van der Waals surface area contributed by atoms with E-state index >= 15 is 0 Å². The van der Waals surface area contributed by atoms with Gasteiger partial charge in [0.1, 0.15) is 10.1 Å². The van der Waals surface area contributed by atoms with E-state index in [-0.39, 0.29) is 5.12 Å². The van der Waals surface area contributed by atoms with Crippen molar-refractivity contribution in [3.05, 3.63) is 52.7 Å². The lowest BCUT2D eigenvalue weighted by molar-refractivity contribution is -0.107. The number of hydrogen-bond donors (Lipinski definition) is 0. The first-order valence-corrected chi connectivity index (χ1v) is 8.15. The van der Waals surface area contributed by atoms with E-state index in [1.807, 2.05) is 12.2 Å². The topological polar surface area (TPSA) is 29.4 Å². The highest BCUT2D eigenvalue weighted by Gasteiger charge is 2.22. The molecule has 1 aliphatic heterocycles. The first-order chi connectivity index (χ1) is 9.51. The number of nitrogens with zero attached hydrogens (tertiary/aromatic N) is 1. The summed E-state index contributed by atoms with van der Waals surface area (Å²) >= 11 is 2.75. The Morgan fingerprint density at radius 2 is 1.95 bits per heavy atom. The molecule has 2 rings (SSSR count). The molecule has 1 aliphatic rings. The molecule has 1 aromatic carbocycles. The maximum absolute atomic E-state index is 12.0. The standard InChI is InChI=1S/C16H17NOS2/c1-5-6-19-16-17-14(15(18)20-16)9-13-11(3)7-10(2)8-12(13)4/h5,7-9H,1,6H2,2-4H3/b14-9+. The molecule has 20 heavy (non-hydrogen) atoms. The first-order valence-electron chi connectivity index (χ1n) is 6.35. The van der Waals surface area contributed by atoms with E-state index in [9.17, 15) is 4.79 Å². The maximum atomic E-state index is 12.0. The summed E-state index contributed by atoms with van der Waals surface area (Å²) in [6.07, 6.45) is 3.72. The zero-order valence-electron chi connectivity index (χ0n) is 11.9. The van der Waals surface area contributed by atoms with E-state index in [2.05, 4.69) is 44.5 Å². The normalized spacial score (nSPS) is 16.6. The molecule has 0 N–H and O–H groups in total. The van der Waals surface area contributed by atoms with Crippen molar-refractivity contribution < 1.29 is 4.79 Å². The number of carbonyl (C=O) groups is 1.